The van der Waals surface area contributed by atoms with Crippen molar-refractivity contribution >= 4 is 0 Å². The van der Waals surface area contributed by atoms with Crippen LogP contribution in [0.1, 0.15) is 23.7 Å². The summed E-state index contributed by atoms with van der Waals surface area (Å²) in [5.74, 6) is 0. The highest BCUT2D eigenvalue weighted by Gasteiger charge is 2.21. The minimum atomic E-state index is 0.293. The Morgan fingerprint density at radius 2 is 2.17 bits per heavy atom. The predicted molar refractivity (Wildman–Crippen MR) is 72.8 cm³/mol. The second-order valence-electron chi connectivity index (χ2n) is 5.43. The van der Waals surface area contributed by atoms with E-state index in [0.717, 1.165) is 19.6 Å². The van der Waals surface area contributed by atoms with Gasteiger partial charge in [-0.15, -0.1) is 0 Å². The predicted octanol–water partition coefficient (Wildman–Crippen LogP) is -0.602. The highest BCUT2D eigenvalue weighted by atomic mass is 16.5. The first kappa shape index (κ1) is 13.5. The molecule has 1 aliphatic heterocycles. The minimum absolute atomic E-state index is 0.293. The van der Waals surface area contributed by atoms with Gasteiger partial charge in [-0.25, -0.2) is 0 Å². The van der Waals surface area contributed by atoms with Gasteiger partial charge in [0.05, 0.1) is 33.8 Å². The van der Waals surface area contributed by atoms with Crippen LogP contribution in [0, 0.1) is 0 Å². The van der Waals surface area contributed by atoms with E-state index in [2.05, 4.69) is 43.7 Å². The van der Waals surface area contributed by atoms with E-state index in [0.29, 0.717) is 6.10 Å². The summed E-state index contributed by atoms with van der Waals surface area (Å²) in [5.41, 5.74) is 2.87. The molecule has 0 amide bonds. The summed E-state index contributed by atoms with van der Waals surface area (Å²) in [5, 5.41) is 2.40. The van der Waals surface area contributed by atoms with Gasteiger partial charge in [0, 0.05) is 6.42 Å². The van der Waals surface area contributed by atoms with Crippen LogP contribution in [0.15, 0.2) is 24.3 Å². The fraction of sp³-hybridized carbons (Fsp3) is 0.600. The van der Waals surface area contributed by atoms with Crippen LogP contribution < -0.4 is 10.2 Å². The number of hydrogen-bond acceptors (Lipinski definition) is 1. The smallest absolute Gasteiger partial charge is 0.131 e. The van der Waals surface area contributed by atoms with E-state index >= 15 is 0 Å². The summed E-state index contributed by atoms with van der Waals surface area (Å²) in [6.45, 7) is 4.38. The fourth-order valence-corrected chi connectivity index (χ4v) is 2.54. The van der Waals surface area contributed by atoms with E-state index in [1.165, 1.54) is 35.5 Å². The molecular formula is C15H26N2O+2. The van der Waals surface area contributed by atoms with Gasteiger partial charge in [0.2, 0.25) is 0 Å². The lowest BCUT2D eigenvalue weighted by Gasteiger charge is -2.24. The number of fused-ring (bicyclic) bond motifs is 1. The van der Waals surface area contributed by atoms with Crippen molar-refractivity contribution in [2.75, 3.05) is 40.3 Å². The molecule has 100 valence electrons. The molecule has 0 spiro atoms. The molecule has 0 radical (unpaired) electrons. The molecule has 1 aliphatic rings. The van der Waals surface area contributed by atoms with Gasteiger partial charge in [-0.2, -0.15) is 0 Å². The summed E-state index contributed by atoms with van der Waals surface area (Å²) >= 11 is 0. The molecule has 3 N–H and O–H groups in total. The van der Waals surface area contributed by atoms with E-state index in [1.807, 2.05) is 0 Å². The Labute approximate surface area is 110 Å². The maximum absolute atomic E-state index is 5.90. The van der Waals surface area contributed by atoms with Crippen LogP contribution in [0.3, 0.4) is 0 Å². The summed E-state index contributed by atoms with van der Waals surface area (Å²) in [6.07, 6.45) is 2.63. The summed E-state index contributed by atoms with van der Waals surface area (Å²) in [6, 6.07) is 8.71. The van der Waals surface area contributed by atoms with Gasteiger partial charge >= 0.3 is 0 Å². The Hall–Kier alpha value is -0.900. The first-order chi connectivity index (χ1) is 8.77. The van der Waals surface area contributed by atoms with Crippen molar-refractivity contribution in [1.82, 2.24) is 0 Å². The van der Waals surface area contributed by atoms with Crippen molar-refractivity contribution in [3.63, 3.8) is 0 Å². The number of ether oxygens (including phenoxy) is 1. The van der Waals surface area contributed by atoms with Gasteiger partial charge in [0.15, 0.2) is 0 Å². The van der Waals surface area contributed by atoms with Crippen LogP contribution in [0.2, 0.25) is 0 Å². The highest BCUT2D eigenvalue weighted by Crippen LogP contribution is 2.25. The van der Waals surface area contributed by atoms with Crippen LogP contribution in [0.25, 0.3) is 0 Å². The lowest BCUT2D eigenvalue weighted by molar-refractivity contribution is -0.860. The molecule has 18 heavy (non-hydrogen) atoms. The Morgan fingerprint density at radius 3 is 3.00 bits per heavy atom. The molecule has 2 rings (SSSR count). The molecule has 1 aromatic rings. The molecule has 0 saturated carbocycles. The monoisotopic (exact) mass is 250 g/mol. The van der Waals surface area contributed by atoms with Crippen molar-refractivity contribution in [3.05, 3.63) is 35.4 Å². The van der Waals surface area contributed by atoms with Gasteiger partial charge in [0.1, 0.15) is 12.6 Å². The largest absolute Gasteiger partial charge is 0.367 e. The molecule has 0 aliphatic carbocycles. The zero-order valence-electron chi connectivity index (χ0n) is 11.6. The molecule has 1 atom stereocenters. The normalized spacial score (nSPS) is 18.9. The number of nitrogens with one attached hydrogen (secondary N) is 1. The van der Waals surface area contributed by atoms with Crippen molar-refractivity contribution in [2.24, 2.45) is 0 Å². The van der Waals surface area contributed by atoms with E-state index in [9.17, 15) is 0 Å². The second kappa shape index (κ2) is 6.88. The maximum atomic E-state index is 5.90. The molecule has 1 heterocycles. The average molecular weight is 250 g/mol. The molecule has 3 heteroatoms. The van der Waals surface area contributed by atoms with E-state index < -0.39 is 0 Å². The zero-order valence-corrected chi connectivity index (χ0v) is 11.6. The van der Waals surface area contributed by atoms with Crippen LogP contribution in [-0.4, -0.2) is 40.3 Å². The first-order valence-corrected chi connectivity index (χ1v) is 7.07. The lowest BCUT2D eigenvalue weighted by Crippen LogP contribution is -3.06. The number of hydrogen-bond donors (Lipinski definition) is 2. The van der Waals surface area contributed by atoms with Crippen molar-refractivity contribution in [1.29, 1.82) is 0 Å². The van der Waals surface area contributed by atoms with E-state index in [4.69, 9.17) is 4.74 Å². The summed E-state index contributed by atoms with van der Waals surface area (Å²) in [7, 11) is 4.42. The number of quaternary nitrogens is 2. The maximum Gasteiger partial charge on any atom is 0.131 e. The number of rotatable bonds is 6. The molecule has 0 bridgehead atoms. The third-order valence-corrected chi connectivity index (χ3v) is 3.56. The molecule has 0 saturated heterocycles. The number of benzene rings is 1. The molecular weight excluding hydrogens is 224 g/mol. The van der Waals surface area contributed by atoms with Gasteiger partial charge in [-0.05, 0) is 17.5 Å². The van der Waals surface area contributed by atoms with Crippen molar-refractivity contribution in [3.8, 4) is 0 Å². The Bertz CT molecular complexity index is 365. The third-order valence-electron chi connectivity index (χ3n) is 3.56. The van der Waals surface area contributed by atoms with Gasteiger partial charge in [-0.1, -0.05) is 24.3 Å². The van der Waals surface area contributed by atoms with Crippen LogP contribution in [0.5, 0.6) is 0 Å². The quantitative estimate of drug-likeness (QED) is 0.649. The zero-order chi connectivity index (χ0) is 12.8. The molecule has 0 unspecified atom stereocenters. The van der Waals surface area contributed by atoms with Crippen molar-refractivity contribution in [2.45, 2.75) is 18.9 Å². The highest BCUT2D eigenvalue weighted by molar-refractivity contribution is 5.30. The van der Waals surface area contributed by atoms with Crippen LogP contribution in [-0.2, 0) is 11.2 Å². The Kier molecular flexibility index (Phi) is 5.17. The SMILES string of the molecule is C[NH+](C)CCC[NH2+]C[C@@H]1OCCc2ccccc21. The van der Waals surface area contributed by atoms with Gasteiger partial charge in [-0.3, -0.25) is 0 Å². The van der Waals surface area contributed by atoms with Gasteiger partial charge in [0.25, 0.3) is 0 Å². The molecule has 0 aromatic heterocycles. The minimum Gasteiger partial charge on any atom is -0.367 e. The second-order valence-corrected chi connectivity index (χ2v) is 5.43. The van der Waals surface area contributed by atoms with Crippen LogP contribution in [0.4, 0.5) is 0 Å². The van der Waals surface area contributed by atoms with E-state index in [1.54, 1.807) is 0 Å². The molecule has 1 aromatic carbocycles. The Morgan fingerprint density at radius 1 is 1.33 bits per heavy atom. The van der Waals surface area contributed by atoms with Crippen LogP contribution >= 0.6 is 0 Å². The van der Waals surface area contributed by atoms with Crippen molar-refractivity contribution < 1.29 is 15.0 Å². The third kappa shape index (κ3) is 3.80. The average Bonchev–Trinajstić information content (AvgIpc) is 2.38. The topological polar surface area (TPSA) is 30.3 Å². The molecule has 0 fully saturated rings. The van der Waals surface area contributed by atoms with E-state index in [-0.39, 0.29) is 0 Å². The molecule has 3 nitrogen and oxygen atoms in total. The number of nitrogens with two attached hydrogens (primary N) is 1. The lowest BCUT2D eigenvalue weighted by atomic mass is 9.97. The summed E-state index contributed by atoms with van der Waals surface area (Å²) in [4.78, 5) is 1.53. The fourth-order valence-electron chi connectivity index (χ4n) is 2.54. The van der Waals surface area contributed by atoms with Gasteiger partial charge < -0.3 is 15.0 Å². The Balaban J connectivity index is 1.77. The standard InChI is InChI=1S/C15H24N2O/c1-17(2)10-5-9-16-12-15-14-7-4-3-6-13(14)8-11-18-15/h3-4,6-7,15-16H,5,8-12H2,1-2H3/p+2/t15-/m0/s1. The summed E-state index contributed by atoms with van der Waals surface area (Å²) < 4.78 is 5.90. The first-order valence-electron chi connectivity index (χ1n) is 7.07.